The predicted octanol–water partition coefficient (Wildman–Crippen LogP) is 2.38. The number of hydrogen-bond donors (Lipinski definition) is 3. The van der Waals surface area contributed by atoms with E-state index in [0.717, 1.165) is 17.8 Å². The number of hydrogen-bond acceptors (Lipinski definition) is 2. The van der Waals surface area contributed by atoms with E-state index in [4.69, 9.17) is 0 Å². The van der Waals surface area contributed by atoms with Gasteiger partial charge in [0.25, 0.3) is 0 Å². The molecule has 0 atom stereocenters. The smallest absolute Gasteiger partial charge is 0.243 e. The van der Waals surface area contributed by atoms with E-state index >= 15 is 0 Å². The van der Waals surface area contributed by atoms with Gasteiger partial charge in [0.15, 0.2) is 5.96 Å². The lowest BCUT2D eigenvalue weighted by molar-refractivity contribution is -0.115. The highest BCUT2D eigenvalue weighted by molar-refractivity contribution is 5.94. The molecule has 0 saturated carbocycles. The standard InChI is InChI=1S/C18H22N4O/c1-2-19-18(20-13-15-9-5-3-6-10-15)21-14-17(23)22-16-11-7-4-8-12-16/h3-12H,2,13-14H2,1H3,(H,22,23)(H2,19,20,21). The molecule has 2 rings (SSSR count). The zero-order valence-corrected chi connectivity index (χ0v) is 13.3. The molecule has 23 heavy (non-hydrogen) atoms. The lowest BCUT2D eigenvalue weighted by atomic mass is 10.2. The van der Waals surface area contributed by atoms with Crippen LogP contribution in [0.3, 0.4) is 0 Å². The quantitative estimate of drug-likeness (QED) is 0.567. The van der Waals surface area contributed by atoms with Crippen molar-refractivity contribution in [3.63, 3.8) is 0 Å². The maximum Gasteiger partial charge on any atom is 0.243 e. The first-order valence-electron chi connectivity index (χ1n) is 7.69. The van der Waals surface area contributed by atoms with Gasteiger partial charge in [0.1, 0.15) is 0 Å². The van der Waals surface area contributed by atoms with Crippen LogP contribution in [0.5, 0.6) is 0 Å². The van der Waals surface area contributed by atoms with Gasteiger partial charge >= 0.3 is 0 Å². The third-order valence-electron chi connectivity index (χ3n) is 3.08. The summed E-state index contributed by atoms with van der Waals surface area (Å²) in [5, 5.41) is 9.00. The summed E-state index contributed by atoms with van der Waals surface area (Å²) in [6, 6.07) is 19.4. The first-order chi connectivity index (χ1) is 11.3. The molecule has 3 N–H and O–H groups in total. The van der Waals surface area contributed by atoms with Crippen LogP contribution in [-0.2, 0) is 11.3 Å². The maximum absolute atomic E-state index is 11.9. The Morgan fingerprint density at radius 2 is 1.61 bits per heavy atom. The Labute approximate surface area is 136 Å². The summed E-state index contributed by atoms with van der Waals surface area (Å²) in [5.74, 6) is 0.515. The summed E-state index contributed by atoms with van der Waals surface area (Å²) in [6.07, 6.45) is 0. The number of guanidine groups is 1. The highest BCUT2D eigenvalue weighted by Gasteiger charge is 2.04. The molecule has 5 heteroatoms. The van der Waals surface area contributed by atoms with Crippen molar-refractivity contribution in [2.24, 2.45) is 4.99 Å². The third-order valence-corrected chi connectivity index (χ3v) is 3.08. The number of anilines is 1. The average Bonchev–Trinajstić information content (AvgIpc) is 2.59. The molecule has 0 saturated heterocycles. The van der Waals surface area contributed by atoms with E-state index < -0.39 is 0 Å². The molecule has 0 aromatic heterocycles. The topological polar surface area (TPSA) is 65.5 Å². The van der Waals surface area contributed by atoms with E-state index in [1.807, 2.05) is 67.6 Å². The Bertz CT molecular complexity index is 626. The van der Waals surface area contributed by atoms with Crippen LogP contribution in [0.25, 0.3) is 0 Å². The van der Waals surface area contributed by atoms with Crippen LogP contribution in [0.4, 0.5) is 5.69 Å². The van der Waals surface area contributed by atoms with Crippen LogP contribution in [-0.4, -0.2) is 25.0 Å². The summed E-state index contributed by atoms with van der Waals surface area (Å²) in [7, 11) is 0. The van der Waals surface area contributed by atoms with Crippen LogP contribution in [0.2, 0.25) is 0 Å². The molecule has 0 unspecified atom stereocenters. The predicted molar refractivity (Wildman–Crippen MR) is 94.3 cm³/mol. The Morgan fingerprint density at radius 1 is 0.957 bits per heavy atom. The number of aliphatic imine (C=N–C) groups is 1. The SMILES string of the molecule is CCNC(=NCc1ccccc1)NCC(=O)Nc1ccccc1. The molecule has 0 aliphatic rings. The summed E-state index contributed by atoms with van der Waals surface area (Å²) in [5.41, 5.74) is 1.91. The van der Waals surface area contributed by atoms with E-state index in [0.29, 0.717) is 12.5 Å². The third kappa shape index (κ3) is 6.22. The molecule has 0 heterocycles. The maximum atomic E-state index is 11.9. The van der Waals surface area contributed by atoms with E-state index in [2.05, 4.69) is 20.9 Å². The van der Waals surface area contributed by atoms with Gasteiger partial charge < -0.3 is 16.0 Å². The van der Waals surface area contributed by atoms with Crippen molar-refractivity contribution in [2.45, 2.75) is 13.5 Å². The number of benzene rings is 2. The zero-order chi connectivity index (χ0) is 16.3. The molecular formula is C18H22N4O. The van der Waals surface area contributed by atoms with E-state index in [-0.39, 0.29) is 12.5 Å². The minimum atomic E-state index is -0.110. The summed E-state index contributed by atoms with van der Waals surface area (Å²) < 4.78 is 0. The van der Waals surface area contributed by atoms with Crippen molar-refractivity contribution in [1.29, 1.82) is 0 Å². The number of nitrogens with one attached hydrogen (secondary N) is 3. The molecule has 2 aromatic carbocycles. The number of nitrogens with zero attached hydrogens (tertiary/aromatic N) is 1. The van der Waals surface area contributed by atoms with E-state index in [1.54, 1.807) is 0 Å². The molecule has 0 radical (unpaired) electrons. The molecule has 5 nitrogen and oxygen atoms in total. The summed E-state index contributed by atoms with van der Waals surface area (Å²) >= 11 is 0. The summed E-state index contributed by atoms with van der Waals surface area (Å²) in [4.78, 5) is 16.4. The van der Waals surface area contributed by atoms with Gasteiger partial charge in [0.05, 0.1) is 13.1 Å². The fourth-order valence-corrected chi connectivity index (χ4v) is 1.99. The second-order valence-electron chi connectivity index (χ2n) is 4.95. The van der Waals surface area contributed by atoms with Gasteiger partial charge in [-0.1, -0.05) is 48.5 Å². The lowest BCUT2D eigenvalue weighted by Crippen LogP contribution is -2.41. The van der Waals surface area contributed by atoms with Gasteiger partial charge in [-0.2, -0.15) is 0 Å². The van der Waals surface area contributed by atoms with Crippen molar-refractivity contribution in [3.8, 4) is 0 Å². The van der Waals surface area contributed by atoms with Crippen LogP contribution in [0, 0.1) is 0 Å². The van der Waals surface area contributed by atoms with Crippen LogP contribution in [0.15, 0.2) is 65.7 Å². The molecule has 0 aliphatic carbocycles. The largest absolute Gasteiger partial charge is 0.357 e. The fraction of sp³-hybridized carbons (Fsp3) is 0.222. The normalized spacial score (nSPS) is 10.9. The molecule has 120 valence electrons. The van der Waals surface area contributed by atoms with Gasteiger partial charge in [-0.25, -0.2) is 4.99 Å². The Hall–Kier alpha value is -2.82. The number of para-hydroxylation sites is 1. The van der Waals surface area contributed by atoms with Crippen molar-refractivity contribution in [2.75, 3.05) is 18.4 Å². The average molecular weight is 310 g/mol. The van der Waals surface area contributed by atoms with Gasteiger partial charge in [-0.05, 0) is 24.6 Å². The van der Waals surface area contributed by atoms with Crippen molar-refractivity contribution < 1.29 is 4.79 Å². The fourth-order valence-electron chi connectivity index (χ4n) is 1.99. The molecular weight excluding hydrogens is 288 g/mol. The molecule has 0 spiro atoms. The van der Waals surface area contributed by atoms with Crippen molar-refractivity contribution >= 4 is 17.6 Å². The van der Waals surface area contributed by atoms with E-state index in [1.165, 1.54) is 0 Å². The Kier molecular flexibility index (Phi) is 6.65. The van der Waals surface area contributed by atoms with Crippen LogP contribution in [0.1, 0.15) is 12.5 Å². The number of amides is 1. The number of carbonyl (C=O) groups is 1. The monoisotopic (exact) mass is 310 g/mol. The van der Waals surface area contributed by atoms with Gasteiger partial charge in [0.2, 0.25) is 5.91 Å². The lowest BCUT2D eigenvalue weighted by Gasteiger charge is -2.11. The Morgan fingerprint density at radius 3 is 2.26 bits per heavy atom. The highest BCUT2D eigenvalue weighted by Crippen LogP contribution is 2.04. The van der Waals surface area contributed by atoms with Crippen LogP contribution < -0.4 is 16.0 Å². The second-order valence-corrected chi connectivity index (χ2v) is 4.95. The first-order valence-corrected chi connectivity index (χ1v) is 7.69. The molecule has 1 amide bonds. The minimum Gasteiger partial charge on any atom is -0.357 e. The molecule has 0 aliphatic heterocycles. The van der Waals surface area contributed by atoms with Crippen molar-refractivity contribution in [1.82, 2.24) is 10.6 Å². The van der Waals surface area contributed by atoms with Gasteiger partial charge in [-0.3, -0.25) is 4.79 Å². The number of carbonyl (C=O) groups excluding carboxylic acids is 1. The van der Waals surface area contributed by atoms with Gasteiger partial charge in [0, 0.05) is 12.2 Å². The highest BCUT2D eigenvalue weighted by atomic mass is 16.1. The number of rotatable bonds is 6. The first kappa shape index (κ1) is 16.5. The molecule has 0 fully saturated rings. The zero-order valence-electron chi connectivity index (χ0n) is 13.3. The molecule has 0 bridgehead atoms. The summed E-state index contributed by atoms with van der Waals surface area (Å²) in [6.45, 7) is 3.46. The minimum absolute atomic E-state index is 0.110. The Balaban J connectivity index is 1.85. The van der Waals surface area contributed by atoms with Gasteiger partial charge in [-0.15, -0.1) is 0 Å². The van der Waals surface area contributed by atoms with E-state index in [9.17, 15) is 4.79 Å². The van der Waals surface area contributed by atoms with Crippen molar-refractivity contribution in [3.05, 3.63) is 66.2 Å². The molecule has 2 aromatic rings. The van der Waals surface area contributed by atoms with Crippen LogP contribution >= 0.6 is 0 Å². The second kappa shape index (κ2) is 9.25.